The van der Waals surface area contributed by atoms with Crippen LogP contribution in [0, 0.1) is 6.92 Å². The Morgan fingerprint density at radius 2 is 2.11 bits per heavy atom. The van der Waals surface area contributed by atoms with E-state index in [2.05, 4.69) is 10.2 Å². The van der Waals surface area contributed by atoms with Crippen molar-refractivity contribution in [1.29, 1.82) is 0 Å². The van der Waals surface area contributed by atoms with E-state index in [1.54, 1.807) is 0 Å². The highest BCUT2D eigenvalue weighted by molar-refractivity contribution is 5.68. The van der Waals surface area contributed by atoms with Crippen LogP contribution in [0.3, 0.4) is 0 Å². The molecule has 1 aromatic heterocycles. The molecule has 5 heteroatoms. The Hall–Kier alpha value is -2.17. The second-order valence-corrected chi connectivity index (χ2v) is 4.39. The number of aryl methyl sites for hydroxylation is 2. The van der Waals surface area contributed by atoms with E-state index in [1.807, 2.05) is 38.1 Å². The highest BCUT2D eigenvalue weighted by atomic mass is 16.4. The van der Waals surface area contributed by atoms with Crippen LogP contribution in [0.4, 0.5) is 0 Å². The van der Waals surface area contributed by atoms with Gasteiger partial charge in [0.25, 0.3) is 0 Å². The number of benzene rings is 1. The molecule has 0 saturated heterocycles. The molecule has 1 unspecified atom stereocenters. The molecule has 0 saturated carbocycles. The van der Waals surface area contributed by atoms with E-state index >= 15 is 0 Å². The van der Waals surface area contributed by atoms with Gasteiger partial charge in [0.15, 0.2) is 0 Å². The summed E-state index contributed by atoms with van der Waals surface area (Å²) in [6.45, 7) is 3.86. The van der Waals surface area contributed by atoms with Crippen molar-refractivity contribution in [1.82, 2.24) is 10.2 Å². The molecule has 0 aliphatic carbocycles. The van der Waals surface area contributed by atoms with E-state index < -0.39 is 11.9 Å². The van der Waals surface area contributed by atoms with Crippen molar-refractivity contribution < 1.29 is 14.3 Å². The monoisotopic (exact) mass is 260 g/mol. The summed E-state index contributed by atoms with van der Waals surface area (Å²) in [5.74, 6) is -0.386. The Balaban J connectivity index is 2.41. The highest BCUT2D eigenvalue weighted by Crippen LogP contribution is 2.29. The van der Waals surface area contributed by atoms with Crippen LogP contribution >= 0.6 is 0 Å². The summed E-state index contributed by atoms with van der Waals surface area (Å²) in [6, 6.07) is 7.65. The molecule has 0 spiro atoms. The summed E-state index contributed by atoms with van der Waals surface area (Å²) in [7, 11) is 0. The first-order valence-electron chi connectivity index (χ1n) is 6.21. The summed E-state index contributed by atoms with van der Waals surface area (Å²) in [4.78, 5) is 11.1. The fourth-order valence-electron chi connectivity index (χ4n) is 2.03. The van der Waals surface area contributed by atoms with Crippen LogP contribution in [0.2, 0.25) is 0 Å². The van der Waals surface area contributed by atoms with Gasteiger partial charge in [-0.15, -0.1) is 10.2 Å². The number of carboxylic acid groups (broad SMARTS) is 1. The number of rotatable bonds is 5. The number of nitrogens with zero attached hydrogens (tertiary/aromatic N) is 2. The van der Waals surface area contributed by atoms with Crippen LogP contribution < -0.4 is 0 Å². The zero-order valence-corrected chi connectivity index (χ0v) is 11.0. The zero-order chi connectivity index (χ0) is 13.8. The van der Waals surface area contributed by atoms with Gasteiger partial charge in [0, 0.05) is 6.42 Å². The molecule has 1 atom stereocenters. The van der Waals surface area contributed by atoms with Gasteiger partial charge in [-0.05, 0) is 18.1 Å². The van der Waals surface area contributed by atoms with Crippen LogP contribution in [0.25, 0.3) is 0 Å². The third-order valence-corrected chi connectivity index (χ3v) is 3.03. The molecule has 1 N–H and O–H groups in total. The molecule has 0 fully saturated rings. The number of aromatic nitrogens is 2. The Morgan fingerprint density at radius 1 is 1.37 bits per heavy atom. The van der Waals surface area contributed by atoms with Crippen molar-refractivity contribution in [2.75, 3.05) is 0 Å². The summed E-state index contributed by atoms with van der Waals surface area (Å²) in [6.07, 6.45) is 0.580. The first-order valence-corrected chi connectivity index (χ1v) is 6.21. The van der Waals surface area contributed by atoms with Crippen LogP contribution in [0.5, 0.6) is 0 Å². The minimum Gasteiger partial charge on any atom is -0.481 e. The lowest BCUT2D eigenvalue weighted by molar-refractivity contribution is -0.137. The smallest absolute Gasteiger partial charge is 0.304 e. The quantitative estimate of drug-likeness (QED) is 0.894. The standard InChI is InChI=1S/C14H16N2O3/c1-3-12-15-16-14(19-12)11(8-13(17)18)10-7-5-4-6-9(10)2/h4-7,11H,3,8H2,1-2H3,(H,17,18). The average molecular weight is 260 g/mol. The molecule has 100 valence electrons. The van der Waals surface area contributed by atoms with E-state index in [4.69, 9.17) is 9.52 Å². The van der Waals surface area contributed by atoms with Crippen LogP contribution in [-0.4, -0.2) is 21.3 Å². The van der Waals surface area contributed by atoms with Crippen LogP contribution in [0.15, 0.2) is 28.7 Å². The summed E-state index contributed by atoms with van der Waals surface area (Å²) in [5.41, 5.74) is 1.93. The molecule has 0 amide bonds. The number of hydrogen-bond donors (Lipinski definition) is 1. The van der Waals surface area contributed by atoms with E-state index in [9.17, 15) is 4.79 Å². The largest absolute Gasteiger partial charge is 0.481 e. The third-order valence-electron chi connectivity index (χ3n) is 3.03. The normalized spacial score (nSPS) is 12.3. The predicted molar refractivity (Wildman–Crippen MR) is 69.0 cm³/mol. The number of carbonyl (C=O) groups is 1. The Labute approximate surface area is 111 Å². The second-order valence-electron chi connectivity index (χ2n) is 4.39. The summed E-state index contributed by atoms with van der Waals surface area (Å²) < 4.78 is 5.52. The van der Waals surface area contributed by atoms with Gasteiger partial charge in [0.2, 0.25) is 11.8 Å². The van der Waals surface area contributed by atoms with E-state index in [0.29, 0.717) is 18.2 Å². The Kier molecular flexibility index (Phi) is 3.94. The van der Waals surface area contributed by atoms with Crippen molar-refractivity contribution in [3.05, 3.63) is 47.2 Å². The van der Waals surface area contributed by atoms with Crippen molar-refractivity contribution in [2.24, 2.45) is 0 Å². The molecule has 2 aromatic rings. The fraction of sp³-hybridized carbons (Fsp3) is 0.357. The van der Waals surface area contributed by atoms with Gasteiger partial charge in [0.1, 0.15) is 0 Å². The lowest BCUT2D eigenvalue weighted by Gasteiger charge is -2.13. The Bertz CT molecular complexity index is 578. The molecule has 0 bridgehead atoms. The summed E-state index contributed by atoms with van der Waals surface area (Å²) >= 11 is 0. The van der Waals surface area contributed by atoms with Crippen LogP contribution in [0.1, 0.15) is 42.2 Å². The van der Waals surface area contributed by atoms with Gasteiger partial charge in [-0.3, -0.25) is 4.79 Å². The van der Waals surface area contributed by atoms with Crippen LogP contribution in [-0.2, 0) is 11.2 Å². The summed E-state index contributed by atoms with van der Waals surface area (Å²) in [5, 5.41) is 17.0. The predicted octanol–water partition coefficient (Wildman–Crippen LogP) is 2.55. The molecule has 19 heavy (non-hydrogen) atoms. The van der Waals surface area contributed by atoms with Gasteiger partial charge in [-0.2, -0.15) is 0 Å². The van der Waals surface area contributed by atoms with Gasteiger partial charge in [0.05, 0.1) is 12.3 Å². The highest BCUT2D eigenvalue weighted by Gasteiger charge is 2.24. The first kappa shape index (κ1) is 13.3. The molecular formula is C14H16N2O3. The van der Waals surface area contributed by atoms with E-state index in [0.717, 1.165) is 11.1 Å². The minimum atomic E-state index is -0.885. The molecule has 0 aliphatic rings. The van der Waals surface area contributed by atoms with Crippen molar-refractivity contribution >= 4 is 5.97 Å². The van der Waals surface area contributed by atoms with E-state index in [1.165, 1.54) is 0 Å². The second kappa shape index (κ2) is 5.65. The lowest BCUT2D eigenvalue weighted by Crippen LogP contribution is -2.09. The third kappa shape index (κ3) is 2.99. The van der Waals surface area contributed by atoms with Crippen molar-refractivity contribution in [3.63, 3.8) is 0 Å². The first-order chi connectivity index (χ1) is 9.11. The van der Waals surface area contributed by atoms with Crippen molar-refractivity contribution in [3.8, 4) is 0 Å². The lowest BCUT2D eigenvalue weighted by atomic mass is 9.92. The Morgan fingerprint density at radius 3 is 2.68 bits per heavy atom. The van der Waals surface area contributed by atoms with Gasteiger partial charge >= 0.3 is 5.97 Å². The number of hydrogen-bond acceptors (Lipinski definition) is 4. The molecule has 2 rings (SSSR count). The molecule has 5 nitrogen and oxygen atoms in total. The van der Waals surface area contributed by atoms with E-state index in [-0.39, 0.29) is 6.42 Å². The maximum absolute atomic E-state index is 11.1. The average Bonchev–Trinajstić information content (AvgIpc) is 2.85. The maximum Gasteiger partial charge on any atom is 0.304 e. The maximum atomic E-state index is 11.1. The molecule has 0 aliphatic heterocycles. The van der Waals surface area contributed by atoms with Crippen molar-refractivity contribution in [2.45, 2.75) is 32.6 Å². The molecule has 1 aromatic carbocycles. The fourth-order valence-corrected chi connectivity index (χ4v) is 2.03. The SMILES string of the molecule is CCc1nnc(C(CC(=O)O)c2ccccc2C)o1. The molecule has 0 radical (unpaired) electrons. The topological polar surface area (TPSA) is 76.2 Å². The van der Waals surface area contributed by atoms with Gasteiger partial charge in [-0.1, -0.05) is 31.2 Å². The minimum absolute atomic E-state index is 0.0593. The molecular weight excluding hydrogens is 244 g/mol. The zero-order valence-electron chi connectivity index (χ0n) is 11.0. The number of carboxylic acids is 1. The van der Waals surface area contributed by atoms with Gasteiger partial charge < -0.3 is 9.52 Å². The molecule has 1 heterocycles. The van der Waals surface area contributed by atoms with Gasteiger partial charge in [-0.25, -0.2) is 0 Å². The number of aliphatic carboxylic acids is 1.